The van der Waals surface area contributed by atoms with Crippen molar-refractivity contribution in [2.45, 2.75) is 19.4 Å². The van der Waals surface area contributed by atoms with Crippen molar-refractivity contribution < 1.29 is 22.9 Å². The van der Waals surface area contributed by atoms with Gasteiger partial charge in [0.15, 0.2) is 0 Å². The summed E-state index contributed by atoms with van der Waals surface area (Å²) in [7, 11) is 0. The maximum Gasteiger partial charge on any atom is 0.437 e. The fraction of sp³-hybridized carbons (Fsp3) is 0.200. The van der Waals surface area contributed by atoms with Crippen LogP contribution in [0.2, 0.25) is 0 Å². The lowest BCUT2D eigenvalue weighted by atomic mass is 10.2. The molecule has 0 amide bonds. The molecule has 31 heavy (non-hydrogen) atoms. The molecule has 0 saturated carbocycles. The quantitative estimate of drug-likeness (QED) is 0.308. The molecule has 10 nitrogen and oxygen atoms in total. The van der Waals surface area contributed by atoms with Crippen molar-refractivity contribution in [1.29, 1.82) is 0 Å². The molecule has 0 radical (unpaired) electrons. The van der Waals surface area contributed by atoms with Gasteiger partial charge in [-0.1, -0.05) is 5.16 Å². The second-order valence-corrected chi connectivity index (χ2v) is 6.42. The van der Waals surface area contributed by atoms with Gasteiger partial charge in [0, 0.05) is 29.9 Å². The number of carbonyl (C=O) groups excluding carboxylic acids is 1. The third kappa shape index (κ3) is 5.07. The Morgan fingerprint density at radius 3 is 2.77 bits per heavy atom. The van der Waals surface area contributed by atoms with Crippen LogP contribution in [0.4, 0.5) is 4.39 Å². The van der Waals surface area contributed by atoms with Crippen LogP contribution in [0.5, 0.6) is 0 Å². The van der Waals surface area contributed by atoms with Crippen LogP contribution >= 0.6 is 0 Å². The van der Waals surface area contributed by atoms with Crippen LogP contribution in [-0.4, -0.2) is 37.5 Å². The van der Waals surface area contributed by atoms with Crippen molar-refractivity contribution in [3.05, 3.63) is 71.1 Å². The van der Waals surface area contributed by atoms with E-state index in [4.69, 9.17) is 13.7 Å². The van der Waals surface area contributed by atoms with Gasteiger partial charge in [0.05, 0.1) is 6.61 Å². The van der Waals surface area contributed by atoms with E-state index in [-0.39, 0.29) is 12.5 Å². The van der Waals surface area contributed by atoms with Gasteiger partial charge >= 0.3 is 11.7 Å². The molecule has 1 aromatic carbocycles. The molecule has 0 N–H and O–H groups in total. The number of aryl methyl sites for hydroxylation is 1. The van der Waals surface area contributed by atoms with Crippen molar-refractivity contribution in [2.75, 3.05) is 6.61 Å². The maximum absolute atomic E-state index is 13.0. The van der Waals surface area contributed by atoms with E-state index < -0.39 is 24.1 Å². The van der Waals surface area contributed by atoms with Gasteiger partial charge in [-0.25, -0.2) is 9.18 Å². The minimum Gasteiger partial charge on any atom is -0.464 e. The average Bonchev–Trinajstić information content (AvgIpc) is 3.39. The maximum atomic E-state index is 13.0. The highest BCUT2D eigenvalue weighted by molar-refractivity contribution is 5.69. The number of rotatable bonds is 8. The van der Waals surface area contributed by atoms with Crippen LogP contribution in [0, 0.1) is 5.82 Å². The van der Waals surface area contributed by atoms with Gasteiger partial charge in [0.2, 0.25) is 17.6 Å². The van der Waals surface area contributed by atoms with E-state index in [0.717, 1.165) is 10.2 Å². The molecule has 0 fully saturated rings. The lowest BCUT2D eigenvalue weighted by molar-refractivity contribution is -0.144. The second kappa shape index (κ2) is 9.11. The predicted molar refractivity (Wildman–Crippen MR) is 103 cm³/mol. The first kappa shape index (κ1) is 20.1. The Balaban J connectivity index is 1.25. The van der Waals surface area contributed by atoms with Crippen LogP contribution in [0.15, 0.2) is 62.5 Å². The van der Waals surface area contributed by atoms with Gasteiger partial charge < -0.3 is 13.7 Å². The molecule has 0 saturated heterocycles. The summed E-state index contributed by atoms with van der Waals surface area (Å²) in [5.41, 5.74) is 1.15. The van der Waals surface area contributed by atoms with Crippen LogP contribution in [-0.2, 0) is 22.5 Å². The number of benzene rings is 1. The molecule has 0 spiro atoms. The van der Waals surface area contributed by atoms with Gasteiger partial charge in [-0.2, -0.15) is 9.67 Å². The Morgan fingerprint density at radius 2 is 2.00 bits per heavy atom. The number of nitrogens with zero attached hydrogens (tertiary/aromatic N) is 5. The summed E-state index contributed by atoms with van der Waals surface area (Å²) in [4.78, 5) is 32.1. The van der Waals surface area contributed by atoms with Crippen molar-refractivity contribution in [3.63, 3.8) is 0 Å². The Bertz CT molecular complexity index is 1220. The highest BCUT2D eigenvalue weighted by Crippen LogP contribution is 2.16. The number of pyridine rings is 1. The smallest absolute Gasteiger partial charge is 0.437 e. The monoisotopic (exact) mass is 425 g/mol. The van der Waals surface area contributed by atoms with Crippen molar-refractivity contribution in [3.8, 4) is 22.8 Å². The van der Waals surface area contributed by atoms with Crippen molar-refractivity contribution in [2.24, 2.45) is 0 Å². The summed E-state index contributed by atoms with van der Waals surface area (Å²) >= 11 is 0. The summed E-state index contributed by atoms with van der Waals surface area (Å²) in [6.45, 7) is -0.309. The van der Waals surface area contributed by atoms with E-state index in [1.807, 2.05) is 6.07 Å². The third-order valence-corrected chi connectivity index (χ3v) is 4.16. The first-order valence-corrected chi connectivity index (χ1v) is 9.31. The third-order valence-electron chi connectivity index (χ3n) is 4.16. The largest absolute Gasteiger partial charge is 0.464 e. The molecule has 3 heterocycles. The molecule has 0 aliphatic heterocycles. The molecule has 4 aromatic rings. The van der Waals surface area contributed by atoms with Crippen LogP contribution in [0.1, 0.15) is 12.3 Å². The van der Waals surface area contributed by atoms with E-state index in [1.54, 1.807) is 18.5 Å². The fourth-order valence-electron chi connectivity index (χ4n) is 2.66. The van der Waals surface area contributed by atoms with E-state index in [1.165, 1.54) is 24.3 Å². The van der Waals surface area contributed by atoms with E-state index in [9.17, 15) is 14.0 Å². The van der Waals surface area contributed by atoms with Gasteiger partial charge in [0.1, 0.15) is 12.4 Å². The highest BCUT2D eigenvalue weighted by Gasteiger charge is 2.14. The van der Waals surface area contributed by atoms with E-state index in [2.05, 4.69) is 20.2 Å². The molecule has 0 aliphatic rings. The summed E-state index contributed by atoms with van der Waals surface area (Å²) in [6.07, 6.45) is 4.15. The number of hydrogen-bond acceptors (Lipinski definition) is 9. The molecule has 0 atom stereocenters. The first-order chi connectivity index (χ1) is 15.1. The summed E-state index contributed by atoms with van der Waals surface area (Å²) < 4.78 is 29.1. The minimum atomic E-state index is -0.815. The standard InChI is InChI=1S/C20H16FN5O5/c21-15-7-5-13(6-8-15)19-24-26(20(28)30-19)12-17(27)29-10-2-4-16-23-18(25-31-16)14-3-1-9-22-11-14/h1,3,5-9,11H,2,4,10,12H2. The Kier molecular flexibility index (Phi) is 5.92. The number of halogens is 1. The number of carbonyl (C=O) groups is 1. The second-order valence-electron chi connectivity index (χ2n) is 6.42. The van der Waals surface area contributed by atoms with Crippen LogP contribution < -0.4 is 5.76 Å². The summed E-state index contributed by atoms with van der Waals surface area (Å²) in [5, 5.41) is 7.82. The van der Waals surface area contributed by atoms with E-state index >= 15 is 0 Å². The first-order valence-electron chi connectivity index (χ1n) is 9.31. The van der Waals surface area contributed by atoms with Crippen molar-refractivity contribution >= 4 is 5.97 Å². The zero-order chi connectivity index (χ0) is 21.6. The number of esters is 1. The SMILES string of the molecule is O=C(Cn1nc(-c2ccc(F)cc2)oc1=O)OCCCc1nc(-c2cccnc2)no1. The predicted octanol–water partition coefficient (Wildman–Crippen LogP) is 2.26. The Hall–Kier alpha value is -4.15. The molecule has 0 bridgehead atoms. The molecular weight excluding hydrogens is 409 g/mol. The zero-order valence-electron chi connectivity index (χ0n) is 16.1. The van der Waals surface area contributed by atoms with Crippen LogP contribution in [0.3, 0.4) is 0 Å². The average molecular weight is 425 g/mol. The van der Waals surface area contributed by atoms with Gasteiger partial charge in [0.25, 0.3) is 0 Å². The number of ether oxygens (including phenoxy) is 1. The number of aromatic nitrogens is 5. The molecule has 11 heteroatoms. The zero-order valence-corrected chi connectivity index (χ0v) is 16.1. The fourth-order valence-corrected chi connectivity index (χ4v) is 2.66. The molecule has 3 aromatic heterocycles. The van der Waals surface area contributed by atoms with Crippen LogP contribution in [0.25, 0.3) is 22.8 Å². The summed E-state index contributed by atoms with van der Waals surface area (Å²) in [5.74, 6) is -1.07. The van der Waals surface area contributed by atoms with E-state index in [0.29, 0.717) is 30.1 Å². The minimum absolute atomic E-state index is 0.0152. The molecule has 4 rings (SSSR count). The topological polar surface area (TPSA) is 126 Å². The lowest BCUT2D eigenvalue weighted by Gasteiger charge is -2.02. The number of hydrogen-bond donors (Lipinski definition) is 0. The lowest BCUT2D eigenvalue weighted by Crippen LogP contribution is -2.23. The molecule has 0 aliphatic carbocycles. The highest BCUT2D eigenvalue weighted by atomic mass is 19.1. The molecular formula is C20H16FN5O5. The Morgan fingerprint density at radius 1 is 1.16 bits per heavy atom. The Labute approximate surface area is 174 Å². The van der Waals surface area contributed by atoms with Gasteiger partial charge in [-0.05, 0) is 42.8 Å². The summed E-state index contributed by atoms with van der Waals surface area (Å²) in [6, 6.07) is 8.85. The van der Waals surface area contributed by atoms with Crippen molar-refractivity contribution in [1.82, 2.24) is 24.9 Å². The van der Waals surface area contributed by atoms with Gasteiger partial charge in [-0.15, -0.1) is 5.10 Å². The normalized spacial score (nSPS) is 10.9. The molecule has 158 valence electrons. The molecule has 0 unspecified atom stereocenters. The van der Waals surface area contributed by atoms with Gasteiger partial charge in [-0.3, -0.25) is 9.78 Å².